The molecule has 0 radical (unpaired) electrons. The van der Waals surface area contributed by atoms with Gasteiger partial charge in [0.15, 0.2) is 0 Å². The van der Waals surface area contributed by atoms with Gasteiger partial charge < -0.3 is 10.1 Å². The molecule has 0 aliphatic carbocycles. The van der Waals surface area contributed by atoms with Crippen LogP contribution in [0.1, 0.15) is 19.8 Å². The molecule has 3 aliphatic heterocycles. The summed E-state index contributed by atoms with van der Waals surface area (Å²) in [5.74, 6) is 2.35. The quantitative estimate of drug-likeness (QED) is 0.768. The number of fused-ring (bicyclic) bond motifs is 4. The van der Waals surface area contributed by atoms with Gasteiger partial charge in [0.25, 0.3) is 0 Å². The predicted octanol–water partition coefficient (Wildman–Crippen LogP) is 2.69. The fourth-order valence-corrected chi connectivity index (χ4v) is 4.55. The zero-order valence-electron chi connectivity index (χ0n) is 15.7. The van der Waals surface area contributed by atoms with Crippen LogP contribution in [0, 0.1) is 5.92 Å². The Bertz CT molecular complexity index is 960. The SMILES string of the molecule is COc1ccn2c(-c3cncc(N[C@H]4C5CCN(CC5)[C@H]4C)n3)cnc2c1. The minimum absolute atomic E-state index is 0.434. The van der Waals surface area contributed by atoms with Crippen molar-refractivity contribution in [2.24, 2.45) is 5.92 Å². The van der Waals surface area contributed by atoms with Gasteiger partial charge in [0.1, 0.15) is 22.9 Å². The fourth-order valence-electron chi connectivity index (χ4n) is 4.55. The molecule has 6 heterocycles. The number of imidazole rings is 1. The molecule has 2 atom stereocenters. The van der Waals surface area contributed by atoms with Crippen LogP contribution in [0.15, 0.2) is 36.9 Å². The van der Waals surface area contributed by atoms with E-state index in [0.717, 1.165) is 34.5 Å². The number of rotatable bonds is 4. The van der Waals surface area contributed by atoms with Crippen molar-refractivity contribution in [3.63, 3.8) is 0 Å². The molecule has 7 nitrogen and oxygen atoms in total. The average molecular weight is 364 g/mol. The number of nitrogens with one attached hydrogen (secondary N) is 1. The van der Waals surface area contributed by atoms with Gasteiger partial charge >= 0.3 is 0 Å². The summed E-state index contributed by atoms with van der Waals surface area (Å²) in [6.07, 6.45) is 9.93. The third kappa shape index (κ3) is 2.82. The molecule has 3 fully saturated rings. The lowest BCUT2D eigenvalue weighted by molar-refractivity contribution is 0.0457. The average Bonchev–Trinajstić information content (AvgIpc) is 3.14. The van der Waals surface area contributed by atoms with Gasteiger partial charge in [0.05, 0.1) is 31.4 Å². The smallest absolute Gasteiger partial charge is 0.145 e. The van der Waals surface area contributed by atoms with Crippen LogP contribution < -0.4 is 10.1 Å². The molecule has 6 rings (SSSR count). The molecule has 2 bridgehead atoms. The first-order valence-electron chi connectivity index (χ1n) is 9.57. The second-order valence-electron chi connectivity index (χ2n) is 7.51. The van der Waals surface area contributed by atoms with Crippen molar-refractivity contribution in [3.8, 4) is 17.1 Å². The highest BCUT2D eigenvalue weighted by molar-refractivity contribution is 5.61. The molecule has 1 N–H and O–H groups in total. The minimum atomic E-state index is 0.434. The first kappa shape index (κ1) is 16.5. The fraction of sp³-hybridized carbons (Fsp3) is 0.450. The summed E-state index contributed by atoms with van der Waals surface area (Å²) in [6, 6.07) is 4.80. The first-order valence-corrected chi connectivity index (χ1v) is 9.57. The van der Waals surface area contributed by atoms with E-state index in [0.29, 0.717) is 12.1 Å². The third-order valence-electron chi connectivity index (χ3n) is 6.11. The number of ether oxygens (including phenoxy) is 1. The first-order chi connectivity index (χ1) is 13.2. The summed E-state index contributed by atoms with van der Waals surface area (Å²) >= 11 is 0. The molecule has 0 amide bonds. The zero-order chi connectivity index (χ0) is 18.4. The molecule has 3 aliphatic rings. The topological polar surface area (TPSA) is 67.6 Å². The Morgan fingerprint density at radius 2 is 2.04 bits per heavy atom. The maximum absolute atomic E-state index is 5.28. The Balaban J connectivity index is 1.44. The second-order valence-corrected chi connectivity index (χ2v) is 7.51. The number of aromatic nitrogens is 4. The number of methoxy groups -OCH3 is 1. The van der Waals surface area contributed by atoms with Crippen LogP contribution >= 0.6 is 0 Å². The van der Waals surface area contributed by atoms with Gasteiger partial charge in [0, 0.05) is 24.3 Å². The van der Waals surface area contributed by atoms with E-state index in [-0.39, 0.29) is 0 Å². The zero-order valence-corrected chi connectivity index (χ0v) is 15.7. The van der Waals surface area contributed by atoms with Crippen molar-refractivity contribution in [2.45, 2.75) is 31.8 Å². The summed E-state index contributed by atoms with van der Waals surface area (Å²) < 4.78 is 7.29. The molecule has 7 heteroatoms. The van der Waals surface area contributed by atoms with Crippen molar-refractivity contribution in [3.05, 3.63) is 36.9 Å². The molecule has 0 spiro atoms. The van der Waals surface area contributed by atoms with Gasteiger partial charge in [0.2, 0.25) is 0 Å². The van der Waals surface area contributed by atoms with E-state index in [1.54, 1.807) is 13.3 Å². The predicted molar refractivity (Wildman–Crippen MR) is 104 cm³/mol. The summed E-state index contributed by atoms with van der Waals surface area (Å²) in [6.45, 7) is 4.76. The number of hydrogen-bond donors (Lipinski definition) is 1. The van der Waals surface area contributed by atoms with E-state index in [2.05, 4.69) is 27.1 Å². The molecular weight excluding hydrogens is 340 g/mol. The van der Waals surface area contributed by atoms with Crippen molar-refractivity contribution >= 4 is 11.5 Å². The Morgan fingerprint density at radius 1 is 1.19 bits per heavy atom. The normalized spacial score (nSPS) is 27.0. The highest BCUT2D eigenvalue weighted by Gasteiger charge is 2.39. The summed E-state index contributed by atoms with van der Waals surface area (Å²) in [5.41, 5.74) is 2.56. The Labute approximate surface area is 158 Å². The lowest BCUT2D eigenvalue weighted by atomic mass is 9.79. The lowest BCUT2D eigenvalue weighted by Gasteiger charge is -2.50. The summed E-state index contributed by atoms with van der Waals surface area (Å²) in [4.78, 5) is 16.3. The largest absolute Gasteiger partial charge is 0.497 e. The summed E-state index contributed by atoms with van der Waals surface area (Å²) in [5, 5.41) is 3.67. The lowest BCUT2D eigenvalue weighted by Crippen LogP contribution is -2.59. The Hall–Kier alpha value is -2.67. The van der Waals surface area contributed by atoms with Crippen molar-refractivity contribution < 1.29 is 4.74 Å². The van der Waals surface area contributed by atoms with Crippen LogP contribution in [-0.4, -0.2) is 56.5 Å². The molecule has 0 unspecified atom stereocenters. The Morgan fingerprint density at radius 3 is 2.81 bits per heavy atom. The molecule has 140 valence electrons. The Kier molecular flexibility index (Phi) is 3.97. The van der Waals surface area contributed by atoms with Crippen molar-refractivity contribution in [1.29, 1.82) is 0 Å². The highest BCUT2D eigenvalue weighted by Crippen LogP contribution is 2.34. The molecule has 0 saturated carbocycles. The maximum atomic E-state index is 5.28. The number of hydrogen-bond acceptors (Lipinski definition) is 6. The number of pyridine rings is 1. The van der Waals surface area contributed by atoms with Crippen LogP contribution in [0.3, 0.4) is 0 Å². The minimum Gasteiger partial charge on any atom is -0.497 e. The molecule has 27 heavy (non-hydrogen) atoms. The van der Waals surface area contributed by atoms with Gasteiger partial charge in [-0.1, -0.05) is 0 Å². The molecule has 3 aromatic heterocycles. The van der Waals surface area contributed by atoms with Gasteiger partial charge in [-0.15, -0.1) is 0 Å². The monoisotopic (exact) mass is 364 g/mol. The van der Waals surface area contributed by atoms with E-state index in [1.165, 1.54) is 25.9 Å². The molecule has 3 aromatic rings. The molecular formula is C20H24N6O. The van der Waals surface area contributed by atoms with Crippen molar-refractivity contribution in [1.82, 2.24) is 24.3 Å². The van der Waals surface area contributed by atoms with Crippen LogP contribution in [0.5, 0.6) is 5.75 Å². The van der Waals surface area contributed by atoms with Crippen LogP contribution in [0.25, 0.3) is 17.0 Å². The van der Waals surface area contributed by atoms with E-state index in [9.17, 15) is 0 Å². The van der Waals surface area contributed by atoms with Crippen LogP contribution in [0.4, 0.5) is 5.82 Å². The van der Waals surface area contributed by atoms with Gasteiger partial charge in [-0.3, -0.25) is 14.3 Å². The number of piperidine rings is 3. The van der Waals surface area contributed by atoms with Gasteiger partial charge in [-0.2, -0.15) is 0 Å². The van der Waals surface area contributed by atoms with E-state index >= 15 is 0 Å². The number of nitrogens with zero attached hydrogens (tertiary/aromatic N) is 5. The second kappa shape index (κ2) is 6.49. The van der Waals surface area contributed by atoms with E-state index in [4.69, 9.17) is 9.72 Å². The summed E-state index contributed by atoms with van der Waals surface area (Å²) in [7, 11) is 1.66. The third-order valence-corrected chi connectivity index (χ3v) is 6.11. The van der Waals surface area contributed by atoms with E-state index < -0.39 is 0 Å². The van der Waals surface area contributed by atoms with E-state index in [1.807, 2.05) is 35.1 Å². The van der Waals surface area contributed by atoms with Gasteiger partial charge in [-0.05, 0) is 44.8 Å². The van der Waals surface area contributed by atoms with Crippen molar-refractivity contribution in [2.75, 3.05) is 25.5 Å². The molecule has 0 aromatic carbocycles. The van der Waals surface area contributed by atoms with Gasteiger partial charge in [-0.25, -0.2) is 9.97 Å². The maximum Gasteiger partial charge on any atom is 0.145 e. The van der Waals surface area contributed by atoms with Crippen LogP contribution in [-0.2, 0) is 0 Å². The highest BCUT2D eigenvalue weighted by atomic mass is 16.5. The van der Waals surface area contributed by atoms with Crippen LogP contribution in [0.2, 0.25) is 0 Å². The standard InChI is InChI=1S/C20H24N6O/c1-13-20(14-3-6-25(13)7-4-14)24-18-12-21-10-16(23-18)17-11-22-19-9-15(27-2)5-8-26(17)19/h5,8-14,20H,3-4,6-7H2,1-2H3,(H,23,24)/t13-,20+/m0/s1. The molecule has 3 saturated heterocycles. The number of anilines is 1.